The van der Waals surface area contributed by atoms with E-state index in [0.717, 1.165) is 29.1 Å². The van der Waals surface area contributed by atoms with E-state index in [1.165, 1.54) is 6.07 Å². The second-order valence-electron chi connectivity index (χ2n) is 8.45. The van der Waals surface area contributed by atoms with E-state index in [2.05, 4.69) is 24.5 Å². The second kappa shape index (κ2) is 11.2. The van der Waals surface area contributed by atoms with Crippen LogP contribution in [0, 0.1) is 0 Å². The molecule has 1 aromatic heterocycles. The Balaban J connectivity index is 1.70. The molecule has 1 aliphatic heterocycles. The first-order valence-corrected chi connectivity index (χ1v) is 12.1. The number of carbonyl (C=O) groups excluding carboxylic acids is 1. The molecule has 6 nitrogen and oxygen atoms in total. The highest BCUT2D eigenvalue weighted by molar-refractivity contribution is 6.30. The van der Waals surface area contributed by atoms with Crippen LogP contribution in [0.3, 0.4) is 0 Å². The molecule has 2 atom stereocenters. The third-order valence-electron chi connectivity index (χ3n) is 6.43. The number of likely N-dealkylation sites (N-methyl/N-ethyl adjacent to an activating group) is 1. The van der Waals surface area contributed by atoms with Crippen molar-refractivity contribution < 1.29 is 18.3 Å². The van der Waals surface area contributed by atoms with Gasteiger partial charge in [0.2, 0.25) is 5.91 Å². The summed E-state index contributed by atoms with van der Waals surface area (Å²) in [7, 11) is 1.64. The predicted octanol–water partition coefficient (Wildman–Crippen LogP) is 5.18. The molecule has 1 aliphatic rings. The standard InChI is InChI=1S/C26H29ClF2N4O2/c1-3-21-31-24(27)23-20(13-12-17-8-7-11-19(16-17)35-26(28)29)32(14-15-33(21)23)22(25(34)30-2)18-9-5-4-6-10-18/h4-11,16,20,22,26H,3,12-15H2,1-2H3,(H,30,34)/t20-,22+/m0/s1. The highest BCUT2D eigenvalue weighted by Crippen LogP contribution is 2.40. The molecule has 0 radical (unpaired) electrons. The molecule has 0 aliphatic carbocycles. The molecule has 0 fully saturated rings. The number of imidazole rings is 1. The topological polar surface area (TPSA) is 59.4 Å². The zero-order valence-corrected chi connectivity index (χ0v) is 20.5. The Morgan fingerprint density at radius 3 is 2.66 bits per heavy atom. The van der Waals surface area contributed by atoms with E-state index in [0.29, 0.717) is 31.1 Å². The van der Waals surface area contributed by atoms with E-state index >= 15 is 0 Å². The van der Waals surface area contributed by atoms with Gasteiger partial charge in [0.15, 0.2) is 5.15 Å². The fourth-order valence-corrected chi connectivity index (χ4v) is 5.23. The van der Waals surface area contributed by atoms with Crippen LogP contribution in [0.5, 0.6) is 5.75 Å². The molecule has 2 aromatic carbocycles. The van der Waals surface area contributed by atoms with Crippen molar-refractivity contribution in [3.63, 3.8) is 0 Å². The number of carbonyl (C=O) groups is 1. The summed E-state index contributed by atoms with van der Waals surface area (Å²) in [4.78, 5) is 19.9. The Bertz CT molecular complexity index is 1160. The van der Waals surface area contributed by atoms with Gasteiger partial charge in [-0.3, -0.25) is 9.69 Å². The van der Waals surface area contributed by atoms with Crippen LogP contribution in [0.25, 0.3) is 0 Å². The number of ether oxygens (including phenoxy) is 1. The monoisotopic (exact) mass is 502 g/mol. The van der Waals surface area contributed by atoms with Crippen LogP contribution in [0.2, 0.25) is 5.15 Å². The smallest absolute Gasteiger partial charge is 0.387 e. The lowest BCUT2D eigenvalue weighted by Gasteiger charge is -2.41. The number of hydrogen-bond donors (Lipinski definition) is 1. The predicted molar refractivity (Wildman–Crippen MR) is 131 cm³/mol. The first kappa shape index (κ1) is 25.1. The van der Waals surface area contributed by atoms with Crippen molar-refractivity contribution in [3.05, 3.63) is 82.4 Å². The number of alkyl halides is 2. The minimum atomic E-state index is -2.88. The maximum absolute atomic E-state index is 13.1. The van der Waals surface area contributed by atoms with Gasteiger partial charge in [0.1, 0.15) is 17.6 Å². The van der Waals surface area contributed by atoms with Crippen LogP contribution >= 0.6 is 11.6 Å². The summed E-state index contributed by atoms with van der Waals surface area (Å²) < 4.78 is 32.1. The molecular formula is C26H29ClF2N4O2. The summed E-state index contributed by atoms with van der Waals surface area (Å²) in [5, 5.41) is 3.25. The van der Waals surface area contributed by atoms with Gasteiger partial charge in [-0.15, -0.1) is 0 Å². The van der Waals surface area contributed by atoms with Gasteiger partial charge in [0, 0.05) is 26.6 Å². The van der Waals surface area contributed by atoms with Crippen LogP contribution in [0.1, 0.15) is 48.1 Å². The fourth-order valence-electron chi connectivity index (χ4n) is 4.90. The fraction of sp³-hybridized carbons (Fsp3) is 0.385. The molecule has 4 rings (SSSR count). The van der Waals surface area contributed by atoms with E-state index in [1.807, 2.05) is 43.3 Å². The number of hydrogen-bond acceptors (Lipinski definition) is 4. The molecule has 1 amide bonds. The number of benzene rings is 2. The van der Waals surface area contributed by atoms with E-state index in [4.69, 9.17) is 11.6 Å². The SMILES string of the molecule is CCc1nc(Cl)c2n1CCN([C@@H](C(=O)NC)c1ccccc1)[C@H]2CCc1cccc(OC(F)F)c1. The average molecular weight is 503 g/mol. The van der Waals surface area contributed by atoms with Crippen molar-refractivity contribution >= 4 is 17.5 Å². The lowest BCUT2D eigenvalue weighted by molar-refractivity contribution is -0.128. The molecular weight excluding hydrogens is 474 g/mol. The molecule has 186 valence electrons. The van der Waals surface area contributed by atoms with Crippen LogP contribution < -0.4 is 10.1 Å². The maximum atomic E-state index is 13.1. The molecule has 3 aromatic rings. The van der Waals surface area contributed by atoms with Gasteiger partial charge >= 0.3 is 6.61 Å². The summed E-state index contributed by atoms with van der Waals surface area (Å²) in [5.41, 5.74) is 2.64. The molecule has 1 N–H and O–H groups in total. The van der Waals surface area contributed by atoms with Gasteiger partial charge in [0.25, 0.3) is 0 Å². The van der Waals surface area contributed by atoms with Gasteiger partial charge in [0.05, 0.1) is 11.7 Å². The largest absolute Gasteiger partial charge is 0.435 e. The number of aromatic nitrogens is 2. The van der Waals surface area contributed by atoms with E-state index in [-0.39, 0.29) is 17.7 Å². The Morgan fingerprint density at radius 2 is 1.97 bits per heavy atom. The third kappa shape index (κ3) is 5.49. The van der Waals surface area contributed by atoms with Crippen molar-refractivity contribution in [2.75, 3.05) is 13.6 Å². The Morgan fingerprint density at radius 1 is 1.20 bits per heavy atom. The van der Waals surface area contributed by atoms with Gasteiger partial charge in [-0.2, -0.15) is 8.78 Å². The number of nitrogens with zero attached hydrogens (tertiary/aromatic N) is 3. The number of rotatable bonds is 9. The van der Waals surface area contributed by atoms with Crippen molar-refractivity contribution in [3.8, 4) is 5.75 Å². The van der Waals surface area contributed by atoms with E-state index in [9.17, 15) is 13.6 Å². The number of amides is 1. The van der Waals surface area contributed by atoms with Crippen LogP contribution in [-0.2, 0) is 24.2 Å². The summed E-state index contributed by atoms with van der Waals surface area (Å²) in [6.45, 7) is 0.476. The minimum absolute atomic E-state index is 0.103. The van der Waals surface area contributed by atoms with Crippen molar-refractivity contribution in [2.45, 2.75) is 51.4 Å². The molecule has 0 unspecified atom stereocenters. The molecule has 0 saturated heterocycles. The molecule has 2 heterocycles. The normalized spacial score (nSPS) is 16.7. The van der Waals surface area contributed by atoms with E-state index in [1.54, 1.807) is 19.2 Å². The second-order valence-corrected chi connectivity index (χ2v) is 8.81. The van der Waals surface area contributed by atoms with Crippen LogP contribution in [0.15, 0.2) is 54.6 Å². The maximum Gasteiger partial charge on any atom is 0.387 e. The zero-order valence-electron chi connectivity index (χ0n) is 19.8. The summed E-state index contributed by atoms with van der Waals surface area (Å²) in [6, 6.07) is 15.7. The molecule has 0 bridgehead atoms. The van der Waals surface area contributed by atoms with Crippen molar-refractivity contribution in [1.29, 1.82) is 0 Å². The Kier molecular flexibility index (Phi) is 8.03. The average Bonchev–Trinajstić information content (AvgIpc) is 3.19. The number of nitrogens with one attached hydrogen (secondary N) is 1. The number of halogens is 3. The van der Waals surface area contributed by atoms with Gasteiger partial charge < -0.3 is 14.6 Å². The highest BCUT2D eigenvalue weighted by atomic mass is 35.5. The zero-order chi connectivity index (χ0) is 24.9. The lowest BCUT2D eigenvalue weighted by Crippen LogP contribution is -2.46. The van der Waals surface area contributed by atoms with Gasteiger partial charge in [-0.05, 0) is 36.1 Å². The summed E-state index contributed by atoms with van der Waals surface area (Å²) in [5.74, 6) is 0.938. The Hall–Kier alpha value is -2.97. The first-order chi connectivity index (χ1) is 16.9. The molecule has 0 saturated carbocycles. The summed E-state index contributed by atoms with van der Waals surface area (Å²) in [6.07, 6.45) is 1.95. The highest BCUT2D eigenvalue weighted by Gasteiger charge is 2.39. The van der Waals surface area contributed by atoms with Crippen LogP contribution in [0.4, 0.5) is 8.78 Å². The Labute approximate surface area is 208 Å². The first-order valence-electron chi connectivity index (χ1n) is 11.7. The number of fused-ring (bicyclic) bond motifs is 1. The molecule has 0 spiro atoms. The molecule has 35 heavy (non-hydrogen) atoms. The van der Waals surface area contributed by atoms with Gasteiger partial charge in [-0.25, -0.2) is 4.98 Å². The van der Waals surface area contributed by atoms with E-state index < -0.39 is 12.7 Å². The van der Waals surface area contributed by atoms with Crippen LogP contribution in [-0.4, -0.2) is 40.6 Å². The number of aryl methyl sites for hydroxylation is 2. The third-order valence-corrected chi connectivity index (χ3v) is 6.70. The lowest BCUT2D eigenvalue weighted by atomic mass is 9.95. The van der Waals surface area contributed by atoms with Gasteiger partial charge in [-0.1, -0.05) is 61.0 Å². The van der Waals surface area contributed by atoms with Crippen molar-refractivity contribution in [1.82, 2.24) is 19.8 Å². The minimum Gasteiger partial charge on any atom is -0.435 e. The summed E-state index contributed by atoms with van der Waals surface area (Å²) >= 11 is 6.67. The quantitative estimate of drug-likeness (QED) is 0.438. The molecule has 9 heteroatoms. The van der Waals surface area contributed by atoms with Crippen molar-refractivity contribution in [2.24, 2.45) is 0 Å².